The Hall–Kier alpha value is -2.40. The molecule has 2 aromatic carbocycles. The van der Waals surface area contributed by atoms with Crippen LogP contribution in [0.4, 0.5) is 5.69 Å². The number of rotatable bonds is 4. The molecule has 0 aromatic heterocycles. The van der Waals surface area contributed by atoms with Gasteiger partial charge in [-0.1, -0.05) is 36.4 Å². The smallest absolute Gasteiger partial charge is 0.227 e. The molecule has 5 nitrogen and oxygen atoms in total. The summed E-state index contributed by atoms with van der Waals surface area (Å²) in [6.45, 7) is 3.72. The minimum Gasteiger partial charge on any atom is -0.394 e. The van der Waals surface area contributed by atoms with Crippen molar-refractivity contribution in [2.75, 3.05) is 18.1 Å². The second kappa shape index (κ2) is 6.24. The number of anilines is 1. The molecule has 2 aromatic rings. The van der Waals surface area contributed by atoms with E-state index in [0.717, 1.165) is 16.5 Å². The fourth-order valence-corrected chi connectivity index (χ4v) is 3.03. The van der Waals surface area contributed by atoms with Gasteiger partial charge < -0.3 is 15.3 Å². The SMILES string of the molecule is CC(C)(CO)NC(=O)C1CC(=O)N(c2cccc3ccccc23)C1. The van der Waals surface area contributed by atoms with Gasteiger partial charge in [-0.25, -0.2) is 0 Å². The van der Waals surface area contributed by atoms with E-state index in [0.29, 0.717) is 6.54 Å². The third-order valence-corrected chi connectivity index (χ3v) is 4.41. The highest BCUT2D eigenvalue weighted by atomic mass is 16.3. The largest absolute Gasteiger partial charge is 0.394 e. The topological polar surface area (TPSA) is 69.6 Å². The molecule has 1 aliphatic rings. The molecule has 5 heteroatoms. The van der Waals surface area contributed by atoms with Crippen LogP contribution in [0, 0.1) is 5.92 Å². The van der Waals surface area contributed by atoms with Crippen molar-refractivity contribution in [1.82, 2.24) is 5.32 Å². The van der Waals surface area contributed by atoms with Crippen LogP contribution in [-0.4, -0.2) is 35.6 Å². The number of aliphatic hydroxyl groups is 1. The van der Waals surface area contributed by atoms with Crippen molar-refractivity contribution in [1.29, 1.82) is 0 Å². The number of benzene rings is 2. The van der Waals surface area contributed by atoms with Crippen LogP contribution in [0.25, 0.3) is 10.8 Å². The van der Waals surface area contributed by atoms with Gasteiger partial charge in [0.25, 0.3) is 0 Å². The van der Waals surface area contributed by atoms with E-state index >= 15 is 0 Å². The molecule has 1 unspecified atom stereocenters. The Kier molecular flexibility index (Phi) is 4.28. The van der Waals surface area contributed by atoms with Gasteiger partial charge in [-0.3, -0.25) is 9.59 Å². The van der Waals surface area contributed by atoms with Crippen LogP contribution in [0.5, 0.6) is 0 Å². The molecule has 3 rings (SSSR count). The number of hydrogen-bond donors (Lipinski definition) is 2. The standard InChI is InChI=1S/C19H22N2O3/c1-19(2,12-22)20-18(24)14-10-17(23)21(11-14)16-9-5-7-13-6-3-4-8-15(13)16/h3-9,14,22H,10-12H2,1-2H3,(H,20,24). The van der Waals surface area contributed by atoms with Crippen LogP contribution in [0.2, 0.25) is 0 Å². The fourth-order valence-electron chi connectivity index (χ4n) is 3.03. The lowest BCUT2D eigenvalue weighted by atomic mass is 10.0. The lowest BCUT2D eigenvalue weighted by molar-refractivity contribution is -0.128. The van der Waals surface area contributed by atoms with Crippen molar-refractivity contribution in [3.05, 3.63) is 42.5 Å². The summed E-state index contributed by atoms with van der Waals surface area (Å²) in [6.07, 6.45) is 0.191. The highest BCUT2D eigenvalue weighted by Crippen LogP contribution is 2.31. The number of fused-ring (bicyclic) bond motifs is 1. The molecule has 0 saturated carbocycles. The van der Waals surface area contributed by atoms with Gasteiger partial charge in [0.1, 0.15) is 0 Å². The summed E-state index contributed by atoms with van der Waals surface area (Å²) in [7, 11) is 0. The van der Waals surface area contributed by atoms with E-state index in [-0.39, 0.29) is 24.8 Å². The molecular formula is C19H22N2O3. The normalized spacial score (nSPS) is 18.2. The van der Waals surface area contributed by atoms with E-state index in [9.17, 15) is 14.7 Å². The van der Waals surface area contributed by atoms with Gasteiger partial charge in [0.2, 0.25) is 11.8 Å². The number of nitrogens with one attached hydrogen (secondary N) is 1. The molecule has 1 aliphatic heterocycles. The maximum atomic E-state index is 12.5. The van der Waals surface area contributed by atoms with Gasteiger partial charge in [0.15, 0.2) is 0 Å². The third-order valence-electron chi connectivity index (χ3n) is 4.41. The summed E-state index contributed by atoms with van der Waals surface area (Å²) in [5.41, 5.74) is 0.155. The summed E-state index contributed by atoms with van der Waals surface area (Å²) in [5, 5.41) is 14.2. The second-order valence-corrected chi connectivity index (χ2v) is 6.93. The first-order chi connectivity index (χ1) is 11.4. The molecular weight excluding hydrogens is 304 g/mol. The zero-order chi connectivity index (χ0) is 17.3. The molecule has 0 spiro atoms. The van der Waals surface area contributed by atoms with Crippen LogP contribution >= 0.6 is 0 Å². The molecule has 0 aliphatic carbocycles. The predicted octanol–water partition coefficient (Wildman–Crippen LogP) is 2.08. The minimum absolute atomic E-state index is 0.0479. The molecule has 1 atom stereocenters. The lowest BCUT2D eigenvalue weighted by Gasteiger charge is -2.25. The second-order valence-electron chi connectivity index (χ2n) is 6.93. The quantitative estimate of drug-likeness (QED) is 0.904. The molecule has 0 bridgehead atoms. The first-order valence-electron chi connectivity index (χ1n) is 8.12. The maximum absolute atomic E-state index is 12.5. The van der Waals surface area contributed by atoms with Crippen LogP contribution in [0.15, 0.2) is 42.5 Å². The Balaban J connectivity index is 1.83. The van der Waals surface area contributed by atoms with E-state index in [1.807, 2.05) is 42.5 Å². The first-order valence-corrected chi connectivity index (χ1v) is 8.12. The Morgan fingerprint density at radius 2 is 1.96 bits per heavy atom. The van der Waals surface area contributed by atoms with Gasteiger partial charge in [-0.2, -0.15) is 0 Å². The average Bonchev–Trinajstić information content (AvgIpc) is 2.96. The van der Waals surface area contributed by atoms with Gasteiger partial charge >= 0.3 is 0 Å². The Morgan fingerprint density at radius 1 is 1.25 bits per heavy atom. The maximum Gasteiger partial charge on any atom is 0.227 e. The van der Waals surface area contributed by atoms with Crippen LogP contribution < -0.4 is 10.2 Å². The minimum atomic E-state index is -0.688. The predicted molar refractivity (Wildman–Crippen MR) is 93.7 cm³/mol. The van der Waals surface area contributed by atoms with E-state index in [2.05, 4.69) is 5.32 Å². The molecule has 126 valence electrons. The molecule has 1 heterocycles. The van der Waals surface area contributed by atoms with E-state index < -0.39 is 11.5 Å². The molecule has 24 heavy (non-hydrogen) atoms. The van der Waals surface area contributed by atoms with Gasteiger partial charge in [-0.05, 0) is 25.3 Å². The Morgan fingerprint density at radius 3 is 2.71 bits per heavy atom. The molecule has 0 radical (unpaired) electrons. The number of aliphatic hydroxyl groups excluding tert-OH is 1. The first kappa shape index (κ1) is 16.5. The highest BCUT2D eigenvalue weighted by Gasteiger charge is 2.37. The summed E-state index contributed by atoms with van der Waals surface area (Å²) >= 11 is 0. The van der Waals surface area contributed by atoms with Crippen molar-refractivity contribution in [3.63, 3.8) is 0 Å². The fraction of sp³-hybridized carbons (Fsp3) is 0.368. The third kappa shape index (κ3) is 3.12. The van der Waals surface area contributed by atoms with E-state index in [1.165, 1.54) is 0 Å². The van der Waals surface area contributed by atoms with E-state index in [1.54, 1.807) is 18.7 Å². The number of carbonyl (C=O) groups is 2. The summed E-state index contributed by atoms with van der Waals surface area (Å²) in [6, 6.07) is 13.7. The number of carbonyl (C=O) groups excluding carboxylic acids is 2. The number of hydrogen-bond acceptors (Lipinski definition) is 3. The van der Waals surface area contributed by atoms with Crippen molar-refractivity contribution in [3.8, 4) is 0 Å². The van der Waals surface area contributed by atoms with Crippen molar-refractivity contribution in [2.24, 2.45) is 5.92 Å². The van der Waals surface area contributed by atoms with Crippen LogP contribution in [0.3, 0.4) is 0 Å². The lowest BCUT2D eigenvalue weighted by Crippen LogP contribution is -2.49. The van der Waals surface area contributed by atoms with Crippen molar-refractivity contribution < 1.29 is 14.7 Å². The Bertz CT molecular complexity index is 780. The Labute approximate surface area is 141 Å². The van der Waals surface area contributed by atoms with Crippen LogP contribution in [-0.2, 0) is 9.59 Å². The van der Waals surface area contributed by atoms with Crippen molar-refractivity contribution in [2.45, 2.75) is 25.8 Å². The molecule has 1 fully saturated rings. The number of amides is 2. The van der Waals surface area contributed by atoms with E-state index in [4.69, 9.17) is 0 Å². The summed E-state index contributed by atoms with van der Waals surface area (Å²) in [4.78, 5) is 26.6. The van der Waals surface area contributed by atoms with Gasteiger partial charge in [-0.15, -0.1) is 0 Å². The van der Waals surface area contributed by atoms with Gasteiger partial charge in [0, 0.05) is 18.4 Å². The molecule has 2 N–H and O–H groups in total. The van der Waals surface area contributed by atoms with Crippen molar-refractivity contribution >= 4 is 28.3 Å². The van der Waals surface area contributed by atoms with Crippen LogP contribution in [0.1, 0.15) is 20.3 Å². The zero-order valence-corrected chi connectivity index (χ0v) is 14.0. The average molecular weight is 326 g/mol. The summed E-state index contributed by atoms with van der Waals surface area (Å²) in [5.74, 6) is -0.638. The summed E-state index contributed by atoms with van der Waals surface area (Å²) < 4.78 is 0. The monoisotopic (exact) mass is 326 g/mol. The number of nitrogens with zero attached hydrogens (tertiary/aromatic N) is 1. The van der Waals surface area contributed by atoms with Gasteiger partial charge in [0.05, 0.1) is 23.8 Å². The molecule has 1 saturated heterocycles. The highest BCUT2D eigenvalue weighted by molar-refractivity contribution is 6.07. The zero-order valence-electron chi connectivity index (χ0n) is 14.0. The molecule has 2 amide bonds.